The summed E-state index contributed by atoms with van der Waals surface area (Å²) in [5.74, 6) is -1.25. The van der Waals surface area contributed by atoms with Gasteiger partial charge in [0.15, 0.2) is 0 Å². The molecule has 0 radical (unpaired) electrons. The summed E-state index contributed by atoms with van der Waals surface area (Å²) in [4.78, 5) is 69.5. The van der Waals surface area contributed by atoms with Crippen molar-refractivity contribution in [3.05, 3.63) is 35.6 Å². The maximum Gasteiger partial charge on any atom is 0.410 e. The van der Waals surface area contributed by atoms with Crippen molar-refractivity contribution in [2.24, 2.45) is 0 Å². The molecule has 4 amide bonds. The molecule has 0 aromatic rings. The van der Waals surface area contributed by atoms with Crippen LogP contribution < -0.4 is 5.32 Å². The zero-order valence-electron chi connectivity index (χ0n) is 25.4. The van der Waals surface area contributed by atoms with Crippen molar-refractivity contribution in [2.45, 2.75) is 96.6 Å². The normalized spacial score (nSPS) is 25.3. The number of esters is 1. The number of hydrogen-bond donors (Lipinski definition) is 1. The van der Waals surface area contributed by atoms with Gasteiger partial charge in [0, 0.05) is 25.2 Å². The first-order valence-corrected chi connectivity index (χ1v) is 14.4. The van der Waals surface area contributed by atoms with Gasteiger partial charge in [0.1, 0.15) is 29.5 Å². The minimum absolute atomic E-state index is 0.101. The molecule has 0 unspecified atom stereocenters. The molecule has 0 aromatic carbocycles. The van der Waals surface area contributed by atoms with E-state index in [1.165, 1.54) is 11.0 Å². The molecule has 4 heterocycles. The molecule has 0 saturated carbocycles. The number of nitrogens with zero attached hydrogens (tertiary/aromatic N) is 3. The highest BCUT2D eigenvalue weighted by Crippen LogP contribution is 2.39. The molecule has 4 rings (SSSR count). The highest BCUT2D eigenvalue weighted by molar-refractivity contribution is 6.03. The van der Waals surface area contributed by atoms with Crippen molar-refractivity contribution >= 4 is 30.0 Å². The topological polar surface area (TPSA) is 135 Å². The quantitative estimate of drug-likeness (QED) is 0.165. The van der Waals surface area contributed by atoms with Gasteiger partial charge in [0.2, 0.25) is 5.91 Å². The monoisotopic (exact) mass is 586 g/mol. The van der Waals surface area contributed by atoms with E-state index in [4.69, 9.17) is 14.2 Å². The summed E-state index contributed by atoms with van der Waals surface area (Å²) in [5.41, 5.74) is -0.343. The smallest absolute Gasteiger partial charge is 0.410 e. The van der Waals surface area contributed by atoms with E-state index in [9.17, 15) is 24.0 Å². The van der Waals surface area contributed by atoms with Gasteiger partial charge in [0.05, 0.1) is 12.1 Å². The van der Waals surface area contributed by atoms with Gasteiger partial charge in [0.25, 0.3) is 5.91 Å². The van der Waals surface area contributed by atoms with Gasteiger partial charge in [-0.3, -0.25) is 14.5 Å². The molecule has 3 fully saturated rings. The lowest BCUT2D eigenvalue weighted by atomic mass is 9.83. The number of fused-ring (bicyclic) bond motifs is 1. The molecule has 0 spiro atoms. The van der Waals surface area contributed by atoms with Crippen LogP contribution in [0.15, 0.2) is 35.6 Å². The molecule has 3 saturated heterocycles. The van der Waals surface area contributed by atoms with Crippen LogP contribution in [0.25, 0.3) is 0 Å². The molecule has 4 aliphatic rings. The number of ether oxygens (including phenoxy) is 3. The van der Waals surface area contributed by atoms with E-state index in [2.05, 4.69) is 11.9 Å². The van der Waals surface area contributed by atoms with Gasteiger partial charge in [-0.15, -0.1) is 0 Å². The summed E-state index contributed by atoms with van der Waals surface area (Å²) in [6.45, 7) is 15.5. The molecule has 42 heavy (non-hydrogen) atoms. The summed E-state index contributed by atoms with van der Waals surface area (Å²) in [5, 5.41) is 2.64. The van der Waals surface area contributed by atoms with Crippen LogP contribution in [-0.4, -0.2) is 100 Å². The lowest BCUT2D eigenvalue weighted by Gasteiger charge is -2.50. The number of allylic oxidation sites excluding steroid dienone is 2. The zero-order valence-corrected chi connectivity index (χ0v) is 25.4. The van der Waals surface area contributed by atoms with Crippen LogP contribution in [0.1, 0.15) is 67.2 Å². The summed E-state index contributed by atoms with van der Waals surface area (Å²) < 4.78 is 16.1. The number of hydrogen-bond acceptors (Lipinski definition) is 8. The maximum absolute atomic E-state index is 13.5. The first kappa shape index (κ1) is 31.1. The number of carbonyl (C=O) groups is 5. The molecule has 0 aliphatic carbocycles. The average molecular weight is 587 g/mol. The molecule has 12 nitrogen and oxygen atoms in total. The number of nitrogens with one attached hydrogen (secondary N) is 1. The third-order valence-electron chi connectivity index (χ3n) is 7.43. The van der Waals surface area contributed by atoms with Crippen molar-refractivity contribution in [3.63, 3.8) is 0 Å². The minimum Gasteiger partial charge on any atom is -0.455 e. The second kappa shape index (κ2) is 11.8. The molecule has 0 aromatic heterocycles. The van der Waals surface area contributed by atoms with Crippen molar-refractivity contribution in [1.29, 1.82) is 0 Å². The Kier molecular flexibility index (Phi) is 8.75. The van der Waals surface area contributed by atoms with E-state index < -0.39 is 47.3 Å². The Labute approximate surface area is 246 Å². The summed E-state index contributed by atoms with van der Waals surface area (Å²) in [7, 11) is 0. The van der Waals surface area contributed by atoms with Crippen LogP contribution in [0, 0.1) is 0 Å². The summed E-state index contributed by atoms with van der Waals surface area (Å²) in [6.07, 6.45) is 4.11. The third kappa shape index (κ3) is 6.79. The van der Waals surface area contributed by atoms with Crippen molar-refractivity contribution < 1.29 is 38.2 Å². The number of likely N-dealkylation sites (tertiary alicyclic amines) is 2. The fourth-order valence-electron chi connectivity index (χ4n) is 5.69. The van der Waals surface area contributed by atoms with Gasteiger partial charge in [-0.25, -0.2) is 14.4 Å². The summed E-state index contributed by atoms with van der Waals surface area (Å²) >= 11 is 0. The Balaban J connectivity index is 1.53. The molecular weight excluding hydrogens is 544 g/mol. The molecule has 4 aliphatic heterocycles. The van der Waals surface area contributed by atoms with Gasteiger partial charge in [-0.05, 0) is 78.9 Å². The van der Waals surface area contributed by atoms with Gasteiger partial charge in [-0.2, -0.15) is 0 Å². The van der Waals surface area contributed by atoms with E-state index >= 15 is 0 Å². The predicted molar refractivity (Wildman–Crippen MR) is 152 cm³/mol. The fourth-order valence-corrected chi connectivity index (χ4v) is 5.69. The van der Waals surface area contributed by atoms with E-state index in [1.807, 2.05) is 0 Å². The zero-order chi connectivity index (χ0) is 31.0. The van der Waals surface area contributed by atoms with E-state index in [0.717, 1.165) is 0 Å². The fraction of sp³-hybridized carbons (Fsp3) is 0.633. The second-order valence-corrected chi connectivity index (χ2v) is 13.0. The first-order chi connectivity index (χ1) is 19.6. The largest absolute Gasteiger partial charge is 0.455 e. The molecule has 3 atom stereocenters. The SMILES string of the molecule is C=CCOC(=O)N1CC[C@@H](N2CCC(=CC3=C(C(=O)OC(C)(C)C)N4C(=O)[C@@H](NC(=O)OC(C)(C)C)[C@H]4CC3)C2=O)C1. The number of amides is 4. The number of carbonyl (C=O) groups excluding carboxylic acids is 5. The Morgan fingerprint density at radius 3 is 2.33 bits per heavy atom. The number of alkyl carbamates (subject to hydrolysis) is 1. The van der Waals surface area contributed by atoms with Crippen LogP contribution in [0.4, 0.5) is 9.59 Å². The lowest BCUT2D eigenvalue weighted by molar-refractivity contribution is -0.161. The Bertz CT molecular complexity index is 1220. The Morgan fingerprint density at radius 2 is 1.69 bits per heavy atom. The van der Waals surface area contributed by atoms with E-state index in [0.29, 0.717) is 56.5 Å². The lowest BCUT2D eigenvalue weighted by Crippen LogP contribution is -2.72. The van der Waals surface area contributed by atoms with Crippen molar-refractivity contribution in [1.82, 2.24) is 20.0 Å². The molecule has 0 bridgehead atoms. The van der Waals surface area contributed by atoms with Crippen LogP contribution in [-0.2, 0) is 28.6 Å². The van der Waals surface area contributed by atoms with Crippen LogP contribution in [0.3, 0.4) is 0 Å². The van der Waals surface area contributed by atoms with Crippen LogP contribution in [0.2, 0.25) is 0 Å². The van der Waals surface area contributed by atoms with Gasteiger partial charge in [-0.1, -0.05) is 12.7 Å². The first-order valence-electron chi connectivity index (χ1n) is 14.4. The van der Waals surface area contributed by atoms with E-state index in [1.54, 1.807) is 57.4 Å². The molecule has 12 heteroatoms. The second-order valence-electron chi connectivity index (χ2n) is 13.0. The van der Waals surface area contributed by atoms with E-state index in [-0.39, 0.29) is 24.3 Å². The van der Waals surface area contributed by atoms with Gasteiger partial charge >= 0.3 is 18.2 Å². The maximum atomic E-state index is 13.5. The molecule has 230 valence electrons. The number of β-lactam (4-membered cyclic amide) rings is 1. The van der Waals surface area contributed by atoms with Gasteiger partial charge < -0.3 is 29.3 Å². The van der Waals surface area contributed by atoms with Crippen LogP contribution >= 0.6 is 0 Å². The van der Waals surface area contributed by atoms with Crippen LogP contribution in [0.5, 0.6) is 0 Å². The predicted octanol–water partition coefficient (Wildman–Crippen LogP) is 3.04. The standard InChI is InChI=1S/C30H42N4O8/c1-8-15-40-28(39)32-13-12-20(17-32)33-14-11-19(24(33)35)16-18-9-10-21-22(31-27(38)42-30(5,6)7)25(36)34(21)23(18)26(37)41-29(2,3)4/h8,16,20-22H,1,9-15,17H2,2-7H3,(H,31,38)/t20-,21-,22+/m1/s1. The minimum atomic E-state index is -0.821. The Hall–Kier alpha value is -3.83. The highest BCUT2D eigenvalue weighted by atomic mass is 16.6. The van der Waals surface area contributed by atoms with Crippen molar-refractivity contribution in [2.75, 3.05) is 26.2 Å². The third-order valence-corrected chi connectivity index (χ3v) is 7.43. The highest BCUT2D eigenvalue weighted by Gasteiger charge is 2.54. The Morgan fingerprint density at radius 1 is 1.00 bits per heavy atom. The molecular formula is C30H42N4O8. The molecule has 1 N–H and O–H groups in total. The average Bonchev–Trinajstić information content (AvgIpc) is 3.50. The number of rotatable bonds is 6. The van der Waals surface area contributed by atoms with Crippen molar-refractivity contribution in [3.8, 4) is 0 Å². The summed E-state index contributed by atoms with van der Waals surface area (Å²) in [6, 6.07) is -1.39.